The summed E-state index contributed by atoms with van der Waals surface area (Å²) < 4.78 is 33.6. The lowest BCUT2D eigenvalue weighted by atomic mass is 9.89. The number of rotatable bonds is 1. The molecule has 0 unspecified atom stereocenters. The Morgan fingerprint density at radius 3 is 2.33 bits per heavy atom. The molecule has 1 nitrogen and oxygen atoms in total. The van der Waals surface area contributed by atoms with E-state index in [-0.39, 0.29) is 11.6 Å². The van der Waals surface area contributed by atoms with Crippen LogP contribution in [0.2, 0.25) is 5.02 Å². The molecule has 0 aliphatic carbocycles. The number of ether oxygens (including phenoxy) is 1. The number of hydrogen-bond acceptors (Lipinski definition) is 1. The Balaban J connectivity index is 2.26. The molecule has 0 amide bonds. The number of fused-ring (bicyclic) bond motifs is 1. The van der Waals surface area contributed by atoms with E-state index in [2.05, 4.69) is 0 Å². The molecule has 21 heavy (non-hydrogen) atoms. The van der Waals surface area contributed by atoms with E-state index in [0.717, 1.165) is 0 Å². The van der Waals surface area contributed by atoms with Crippen molar-refractivity contribution in [1.82, 2.24) is 0 Å². The van der Waals surface area contributed by atoms with Gasteiger partial charge in [-0.2, -0.15) is 0 Å². The van der Waals surface area contributed by atoms with E-state index in [4.69, 9.17) is 16.3 Å². The zero-order valence-corrected chi connectivity index (χ0v) is 12.3. The third kappa shape index (κ3) is 2.42. The van der Waals surface area contributed by atoms with Crippen LogP contribution in [0.3, 0.4) is 0 Å². The molecule has 0 N–H and O–H groups in total. The second kappa shape index (κ2) is 4.85. The highest BCUT2D eigenvalue weighted by Gasteiger charge is 2.36. The summed E-state index contributed by atoms with van der Waals surface area (Å²) in [6.07, 6.45) is 0. The number of benzene rings is 2. The molecule has 2 aromatic carbocycles. The van der Waals surface area contributed by atoms with Crippen LogP contribution in [0.4, 0.5) is 8.78 Å². The Bertz CT molecular complexity index is 733. The van der Waals surface area contributed by atoms with Crippen molar-refractivity contribution in [3.8, 4) is 5.75 Å². The van der Waals surface area contributed by atoms with Crippen LogP contribution in [-0.2, 0) is 0 Å². The smallest absolute Gasteiger partial charge is 0.155 e. The summed E-state index contributed by atoms with van der Waals surface area (Å²) in [6, 6.07) is 10.8. The van der Waals surface area contributed by atoms with Gasteiger partial charge in [0.2, 0.25) is 0 Å². The third-order valence-corrected chi connectivity index (χ3v) is 3.69. The summed E-state index contributed by atoms with van der Waals surface area (Å²) in [5, 5.41) is 0.519. The van der Waals surface area contributed by atoms with E-state index in [1.807, 2.05) is 0 Å². The molecular weight excluding hydrogens is 294 g/mol. The van der Waals surface area contributed by atoms with Crippen molar-refractivity contribution in [3.05, 3.63) is 70.3 Å². The quantitative estimate of drug-likeness (QED) is 0.687. The van der Waals surface area contributed by atoms with Gasteiger partial charge in [-0.25, -0.2) is 8.78 Å². The van der Waals surface area contributed by atoms with Gasteiger partial charge >= 0.3 is 0 Å². The summed E-state index contributed by atoms with van der Waals surface area (Å²) >= 11 is 5.98. The first kappa shape index (κ1) is 14.1. The fourth-order valence-corrected chi connectivity index (χ4v) is 2.59. The van der Waals surface area contributed by atoms with Crippen LogP contribution in [0, 0.1) is 5.82 Å². The maximum atomic E-state index is 14.8. The van der Waals surface area contributed by atoms with Crippen LogP contribution in [0.15, 0.2) is 48.3 Å². The van der Waals surface area contributed by atoms with Crippen LogP contribution >= 0.6 is 11.6 Å². The number of halogens is 3. The van der Waals surface area contributed by atoms with E-state index >= 15 is 0 Å². The van der Waals surface area contributed by atoms with Gasteiger partial charge in [-0.15, -0.1) is 0 Å². The first-order chi connectivity index (χ1) is 9.88. The second-order valence-corrected chi connectivity index (χ2v) is 5.89. The van der Waals surface area contributed by atoms with Gasteiger partial charge in [0.05, 0.1) is 0 Å². The molecule has 1 heterocycles. The highest BCUT2D eigenvalue weighted by molar-refractivity contribution is 6.30. The van der Waals surface area contributed by atoms with E-state index in [1.165, 1.54) is 12.1 Å². The van der Waals surface area contributed by atoms with Crippen molar-refractivity contribution >= 4 is 17.2 Å². The molecule has 0 bridgehead atoms. The SMILES string of the molecule is CC1(C)Oc2cc(Cl)ccc2C(c2ccc(F)cc2)=C1F. The summed E-state index contributed by atoms with van der Waals surface area (Å²) in [6.45, 7) is 3.30. The van der Waals surface area contributed by atoms with Crippen molar-refractivity contribution in [1.29, 1.82) is 0 Å². The zero-order chi connectivity index (χ0) is 15.2. The minimum atomic E-state index is -1.10. The molecule has 0 saturated heterocycles. The van der Waals surface area contributed by atoms with E-state index in [9.17, 15) is 8.78 Å². The molecule has 4 heteroatoms. The predicted molar refractivity (Wildman–Crippen MR) is 79.7 cm³/mol. The van der Waals surface area contributed by atoms with Crippen molar-refractivity contribution in [2.75, 3.05) is 0 Å². The predicted octanol–water partition coefficient (Wildman–Crippen LogP) is 5.38. The van der Waals surface area contributed by atoms with Crippen LogP contribution in [0.1, 0.15) is 25.0 Å². The van der Waals surface area contributed by atoms with Gasteiger partial charge in [0, 0.05) is 16.2 Å². The van der Waals surface area contributed by atoms with E-state index < -0.39 is 5.60 Å². The van der Waals surface area contributed by atoms with Crippen molar-refractivity contribution in [3.63, 3.8) is 0 Å². The average Bonchev–Trinajstić information content (AvgIpc) is 2.41. The molecule has 3 rings (SSSR count). The molecular formula is C17H13ClF2O. The maximum Gasteiger partial charge on any atom is 0.155 e. The van der Waals surface area contributed by atoms with E-state index in [0.29, 0.717) is 27.5 Å². The van der Waals surface area contributed by atoms with Crippen LogP contribution in [0.25, 0.3) is 5.57 Å². The van der Waals surface area contributed by atoms with Crippen molar-refractivity contribution in [2.24, 2.45) is 0 Å². The largest absolute Gasteiger partial charge is 0.480 e. The monoisotopic (exact) mass is 306 g/mol. The lowest BCUT2D eigenvalue weighted by Crippen LogP contribution is -2.33. The molecule has 1 aliphatic heterocycles. The lowest BCUT2D eigenvalue weighted by molar-refractivity contribution is 0.117. The Hall–Kier alpha value is -1.87. The van der Waals surface area contributed by atoms with Crippen LogP contribution in [0.5, 0.6) is 5.75 Å². The third-order valence-electron chi connectivity index (χ3n) is 3.46. The Labute approximate surface area is 126 Å². The molecule has 108 valence electrons. The fourth-order valence-electron chi connectivity index (χ4n) is 2.42. The maximum absolute atomic E-state index is 14.8. The molecule has 0 saturated carbocycles. The molecule has 0 radical (unpaired) electrons. The van der Waals surface area contributed by atoms with E-state index in [1.54, 1.807) is 44.2 Å². The lowest BCUT2D eigenvalue weighted by Gasteiger charge is -2.33. The van der Waals surface area contributed by atoms with Gasteiger partial charge in [-0.3, -0.25) is 0 Å². The van der Waals surface area contributed by atoms with Gasteiger partial charge in [0.15, 0.2) is 11.4 Å². The average molecular weight is 307 g/mol. The van der Waals surface area contributed by atoms with Crippen molar-refractivity contribution < 1.29 is 13.5 Å². The summed E-state index contributed by atoms with van der Waals surface area (Å²) in [5.74, 6) is -0.223. The minimum absolute atomic E-state index is 0.359. The zero-order valence-electron chi connectivity index (χ0n) is 11.6. The molecule has 2 aromatic rings. The fraction of sp³-hybridized carbons (Fsp3) is 0.176. The topological polar surface area (TPSA) is 9.23 Å². The molecule has 0 atom stereocenters. The molecule has 0 aromatic heterocycles. The Kier molecular flexibility index (Phi) is 3.25. The first-order valence-corrected chi connectivity index (χ1v) is 6.91. The highest BCUT2D eigenvalue weighted by Crippen LogP contribution is 2.45. The van der Waals surface area contributed by atoms with Gasteiger partial charge < -0.3 is 4.74 Å². The van der Waals surface area contributed by atoms with Gasteiger partial charge in [-0.1, -0.05) is 23.7 Å². The normalized spacial score (nSPS) is 16.4. The highest BCUT2D eigenvalue weighted by atomic mass is 35.5. The Morgan fingerprint density at radius 1 is 1.00 bits per heavy atom. The summed E-state index contributed by atoms with van der Waals surface area (Å²) in [5.41, 5.74) is 0.538. The Morgan fingerprint density at radius 2 is 1.67 bits per heavy atom. The number of hydrogen-bond donors (Lipinski definition) is 0. The van der Waals surface area contributed by atoms with Crippen LogP contribution in [-0.4, -0.2) is 5.60 Å². The van der Waals surface area contributed by atoms with Gasteiger partial charge in [-0.05, 0) is 49.7 Å². The molecule has 0 spiro atoms. The molecule has 1 aliphatic rings. The summed E-state index contributed by atoms with van der Waals surface area (Å²) in [7, 11) is 0. The van der Waals surface area contributed by atoms with Crippen LogP contribution < -0.4 is 4.74 Å². The summed E-state index contributed by atoms with van der Waals surface area (Å²) in [4.78, 5) is 0. The first-order valence-electron chi connectivity index (χ1n) is 6.53. The minimum Gasteiger partial charge on any atom is -0.480 e. The van der Waals surface area contributed by atoms with Gasteiger partial charge in [0.25, 0.3) is 0 Å². The van der Waals surface area contributed by atoms with Gasteiger partial charge in [0.1, 0.15) is 11.6 Å². The molecule has 0 fully saturated rings. The standard InChI is InChI=1S/C17H13ClF2O/c1-17(2)16(20)15(10-3-6-12(19)7-4-10)13-8-5-11(18)9-14(13)21-17/h3-9H,1-2H3. The second-order valence-electron chi connectivity index (χ2n) is 5.45. The van der Waals surface area contributed by atoms with Crippen molar-refractivity contribution in [2.45, 2.75) is 19.4 Å².